The molecule has 2 aromatic rings. The van der Waals surface area contributed by atoms with Gasteiger partial charge in [0.1, 0.15) is 17.5 Å². The summed E-state index contributed by atoms with van der Waals surface area (Å²) in [6.45, 7) is 2.62. The third-order valence-electron chi connectivity index (χ3n) is 6.03. The van der Waals surface area contributed by atoms with Crippen molar-refractivity contribution in [3.8, 4) is 6.07 Å². The monoisotopic (exact) mass is 461 g/mol. The Morgan fingerprint density at radius 3 is 2.67 bits per heavy atom. The fraction of sp³-hybridized carbons (Fsp3) is 0.476. The molecule has 2 aromatic heterocycles. The number of nitriles is 1. The molecule has 9 nitrogen and oxygen atoms in total. The Balaban J connectivity index is 1.27. The number of rotatable bonds is 5. The van der Waals surface area contributed by atoms with Crippen molar-refractivity contribution in [1.82, 2.24) is 25.4 Å². The van der Waals surface area contributed by atoms with Gasteiger partial charge in [-0.25, -0.2) is 10.1 Å². The number of fused-ring (bicyclic) bond motifs is 1. The van der Waals surface area contributed by atoms with Crippen LogP contribution in [0.3, 0.4) is 0 Å². The van der Waals surface area contributed by atoms with Gasteiger partial charge in [0.15, 0.2) is 0 Å². The highest BCUT2D eigenvalue weighted by Crippen LogP contribution is 2.37. The number of amides is 1. The number of hydrogen-bond donors (Lipinski definition) is 2. The maximum absolute atomic E-state index is 13.2. The highest BCUT2D eigenvalue weighted by Gasteiger charge is 2.41. The first kappa shape index (κ1) is 22.7. The minimum atomic E-state index is -4.73. The Bertz CT molecular complexity index is 1120. The van der Waals surface area contributed by atoms with Crippen LogP contribution in [-0.4, -0.2) is 65.3 Å². The number of aromatic nitrogens is 3. The summed E-state index contributed by atoms with van der Waals surface area (Å²) in [4.78, 5) is 32.2. The molecule has 0 bridgehead atoms. The number of H-pyrrole nitrogens is 1. The van der Waals surface area contributed by atoms with Gasteiger partial charge >= 0.3 is 6.18 Å². The number of carbonyl (C=O) groups excluding carboxylic acids is 1. The van der Waals surface area contributed by atoms with Crippen molar-refractivity contribution in [2.75, 3.05) is 44.2 Å². The molecule has 1 amide bonds. The van der Waals surface area contributed by atoms with Crippen LogP contribution in [0.5, 0.6) is 0 Å². The fourth-order valence-electron chi connectivity index (χ4n) is 4.33. The van der Waals surface area contributed by atoms with Crippen LogP contribution in [0.15, 0.2) is 23.1 Å². The second-order valence-corrected chi connectivity index (χ2v) is 8.04. The summed E-state index contributed by atoms with van der Waals surface area (Å²) in [5, 5.41) is 17.7. The number of anilines is 1. The molecule has 2 aliphatic rings. The molecule has 2 N–H and O–H groups in total. The quantitative estimate of drug-likeness (QED) is 0.683. The van der Waals surface area contributed by atoms with E-state index >= 15 is 0 Å². The molecule has 1 fully saturated rings. The van der Waals surface area contributed by atoms with E-state index < -0.39 is 17.3 Å². The Labute approximate surface area is 187 Å². The molecule has 1 aliphatic carbocycles. The van der Waals surface area contributed by atoms with Gasteiger partial charge in [0, 0.05) is 44.8 Å². The molecule has 12 heteroatoms. The Morgan fingerprint density at radius 2 is 2.03 bits per heavy atom. The molecule has 174 valence electrons. The number of carbonyl (C=O) groups is 1. The highest BCUT2D eigenvalue weighted by molar-refractivity contribution is 5.78. The van der Waals surface area contributed by atoms with Gasteiger partial charge in [-0.3, -0.25) is 9.59 Å². The molecular formula is C21H22F3N7O2. The molecule has 0 saturated carbocycles. The predicted molar refractivity (Wildman–Crippen MR) is 112 cm³/mol. The van der Waals surface area contributed by atoms with Gasteiger partial charge < -0.3 is 15.1 Å². The summed E-state index contributed by atoms with van der Waals surface area (Å²) >= 11 is 0. The van der Waals surface area contributed by atoms with Crippen LogP contribution < -0.4 is 15.8 Å². The molecule has 0 aromatic carbocycles. The van der Waals surface area contributed by atoms with E-state index in [-0.39, 0.29) is 36.0 Å². The number of hydrogen-bond acceptors (Lipinski definition) is 7. The molecule has 4 rings (SSSR count). The van der Waals surface area contributed by atoms with Gasteiger partial charge in [0.2, 0.25) is 5.91 Å². The first-order valence-electron chi connectivity index (χ1n) is 10.6. The number of halogens is 3. The molecule has 1 aliphatic heterocycles. The minimum absolute atomic E-state index is 0.0445. The lowest BCUT2D eigenvalue weighted by Gasteiger charge is -2.35. The molecule has 1 unspecified atom stereocenters. The van der Waals surface area contributed by atoms with Gasteiger partial charge in [0.05, 0.1) is 17.8 Å². The molecule has 1 atom stereocenters. The molecule has 3 heterocycles. The molecule has 0 radical (unpaired) electrons. The first-order valence-corrected chi connectivity index (χ1v) is 10.6. The maximum atomic E-state index is 13.2. The van der Waals surface area contributed by atoms with Crippen molar-refractivity contribution >= 4 is 11.7 Å². The zero-order valence-corrected chi connectivity index (χ0v) is 17.7. The Hall–Kier alpha value is -3.46. The van der Waals surface area contributed by atoms with Crippen molar-refractivity contribution in [3.63, 3.8) is 0 Å². The largest absolute Gasteiger partial charge is 0.422 e. The van der Waals surface area contributed by atoms with Crippen molar-refractivity contribution in [2.24, 2.45) is 0 Å². The smallest absolute Gasteiger partial charge is 0.353 e. The van der Waals surface area contributed by atoms with Crippen LogP contribution >= 0.6 is 0 Å². The summed E-state index contributed by atoms with van der Waals surface area (Å²) in [6.07, 6.45) is -2.65. The fourth-order valence-corrected chi connectivity index (χ4v) is 4.33. The van der Waals surface area contributed by atoms with Gasteiger partial charge in [-0.2, -0.15) is 23.5 Å². The summed E-state index contributed by atoms with van der Waals surface area (Å²) in [5.41, 5.74) is -1.71. The van der Waals surface area contributed by atoms with Gasteiger partial charge in [0.25, 0.3) is 5.56 Å². The lowest BCUT2D eigenvalue weighted by Crippen LogP contribution is -2.51. The van der Waals surface area contributed by atoms with Crippen molar-refractivity contribution in [2.45, 2.75) is 24.9 Å². The van der Waals surface area contributed by atoms with Crippen LogP contribution in [0.1, 0.15) is 34.7 Å². The normalized spacial score (nSPS) is 18.2. The van der Waals surface area contributed by atoms with Crippen LogP contribution in [0.25, 0.3) is 0 Å². The maximum Gasteiger partial charge on any atom is 0.422 e. The average Bonchev–Trinajstić information content (AvgIpc) is 3.20. The van der Waals surface area contributed by atoms with E-state index in [9.17, 15) is 22.8 Å². The lowest BCUT2D eigenvalue weighted by atomic mass is 10.1. The Kier molecular flexibility index (Phi) is 6.33. The number of pyridine rings is 1. The summed E-state index contributed by atoms with van der Waals surface area (Å²) in [5.74, 6) is 0.360. The van der Waals surface area contributed by atoms with E-state index in [1.54, 1.807) is 17.0 Å². The molecule has 33 heavy (non-hydrogen) atoms. The van der Waals surface area contributed by atoms with E-state index in [0.29, 0.717) is 44.7 Å². The van der Waals surface area contributed by atoms with E-state index in [1.807, 2.05) is 16.1 Å². The summed E-state index contributed by atoms with van der Waals surface area (Å²) < 4.78 is 39.7. The summed E-state index contributed by atoms with van der Waals surface area (Å²) in [7, 11) is 0. The van der Waals surface area contributed by atoms with Crippen molar-refractivity contribution in [1.29, 1.82) is 5.26 Å². The van der Waals surface area contributed by atoms with E-state index in [2.05, 4.69) is 15.4 Å². The zero-order valence-electron chi connectivity index (χ0n) is 17.7. The lowest BCUT2D eigenvalue weighted by molar-refractivity contribution is -0.139. The van der Waals surface area contributed by atoms with Crippen molar-refractivity contribution in [3.05, 3.63) is 51.1 Å². The average molecular weight is 461 g/mol. The predicted octanol–water partition coefficient (Wildman–Crippen LogP) is 1.02. The second kappa shape index (κ2) is 9.19. The number of alkyl halides is 3. The van der Waals surface area contributed by atoms with E-state index in [0.717, 1.165) is 5.82 Å². The van der Waals surface area contributed by atoms with Crippen LogP contribution in [0.2, 0.25) is 0 Å². The molecule has 0 spiro atoms. The number of aromatic amines is 1. The number of piperazine rings is 1. The van der Waals surface area contributed by atoms with E-state index in [4.69, 9.17) is 5.26 Å². The van der Waals surface area contributed by atoms with Crippen LogP contribution in [-0.2, 0) is 17.4 Å². The zero-order chi connectivity index (χ0) is 23.6. The second-order valence-electron chi connectivity index (χ2n) is 8.04. The molecule has 1 saturated heterocycles. The minimum Gasteiger partial charge on any atom is -0.353 e. The standard InChI is InChI=1S/C21H22F3N7O2/c22-21(23,24)18-15-3-2-14(19(15)28-29-20(18)33)11-26-12-17(32)31-7-5-30(6-8-31)16-4-1-13(9-25)10-27-16/h1,4,10,14,26H,2-3,5-8,11-12H2,(H,29,33). The summed E-state index contributed by atoms with van der Waals surface area (Å²) in [6, 6.07) is 5.51. The highest BCUT2D eigenvalue weighted by atomic mass is 19.4. The first-order chi connectivity index (χ1) is 15.8. The van der Waals surface area contributed by atoms with Crippen LogP contribution in [0.4, 0.5) is 19.0 Å². The number of nitrogens with one attached hydrogen (secondary N) is 2. The molecular weight excluding hydrogens is 439 g/mol. The van der Waals surface area contributed by atoms with Gasteiger partial charge in [-0.1, -0.05) is 0 Å². The van der Waals surface area contributed by atoms with Crippen LogP contribution in [0, 0.1) is 11.3 Å². The SMILES string of the molecule is N#Cc1ccc(N2CCN(C(=O)CNCC3CCc4c3n[nH]c(=O)c4C(F)(F)F)CC2)nc1. The third-order valence-corrected chi connectivity index (χ3v) is 6.03. The topological polar surface area (TPSA) is 118 Å². The Morgan fingerprint density at radius 1 is 1.27 bits per heavy atom. The van der Waals surface area contributed by atoms with Gasteiger partial charge in [-0.15, -0.1) is 0 Å². The number of nitrogens with zero attached hydrogens (tertiary/aromatic N) is 5. The van der Waals surface area contributed by atoms with Gasteiger partial charge in [-0.05, 0) is 30.5 Å². The van der Waals surface area contributed by atoms with E-state index in [1.165, 1.54) is 6.20 Å². The van der Waals surface area contributed by atoms with Crippen molar-refractivity contribution < 1.29 is 18.0 Å². The third kappa shape index (κ3) is 4.83.